The van der Waals surface area contributed by atoms with Gasteiger partial charge in [0.2, 0.25) is 5.76 Å². The number of carbonyl (C=O) groups is 1. The number of carboxylic acid groups (broad SMARTS) is 1. The van der Waals surface area contributed by atoms with Crippen LogP contribution in [0.25, 0.3) is 0 Å². The van der Waals surface area contributed by atoms with Gasteiger partial charge in [-0.05, 0) is 0 Å². The van der Waals surface area contributed by atoms with Crippen LogP contribution in [-0.2, 0) is 6.18 Å². The number of rotatable bonds is 2. The van der Waals surface area contributed by atoms with E-state index < -0.39 is 35.6 Å². The second-order valence-corrected chi connectivity index (χ2v) is 2.36. The van der Waals surface area contributed by atoms with E-state index in [4.69, 9.17) is 0 Å². The Morgan fingerprint density at radius 3 is 2.19 bits per heavy atom. The zero-order valence-corrected chi connectivity index (χ0v) is 9.64. The third kappa shape index (κ3) is 2.92. The van der Waals surface area contributed by atoms with Gasteiger partial charge in [0.1, 0.15) is 0 Å². The number of aromatic nitrogens is 1. The molecule has 0 fully saturated rings. The number of hydrogen-bond acceptors (Lipinski definition) is 4. The predicted molar refractivity (Wildman–Crippen MR) is 30.8 cm³/mol. The van der Waals surface area contributed by atoms with E-state index in [-0.39, 0.29) is 29.6 Å². The summed E-state index contributed by atoms with van der Waals surface area (Å²) in [5.41, 5.74) is -3.80. The van der Waals surface area contributed by atoms with E-state index in [2.05, 4.69) is 9.68 Å². The van der Waals surface area contributed by atoms with Gasteiger partial charge < -0.3 is 14.4 Å². The molecule has 1 aromatic heterocycles. The summed E-state index contributed by atoms with van der Waals surface area (Å²) in [7, 11) is 0. The second kappa shape index (κ2) is 5.11. The molecule has 4 nitrogen and oxygen atoms in total. The van der Waals surface area contributed by atoms with Gasteiger partial charge in [0.05, 0.1) is 11.5 Å². The molecule has 0 amide bonds. The van der Waals surface area contributed by atoms with Crippen LogP contribution in [0.15, 0.2) is 4.52 Å². The topological polar surface area (TPSA) is 66.2 Å². The van der Waals surface area contributed by atoms with Crippen molar-refractivity contribution in [2.45, 2.75) is 12.6 Å². The number of nitrogens with zero attached hydrogens (tertiary/aromatic N) is 1. The average molecular weight is 253 g/mol. The van der Waals surface area contributed by atoms with E-state index in [1.807, 2.05) is 0 Å². The van der Waals surface area contributed by atoms with Gasteiger partial charge in [-0.1, -0.05) is 5.16 Å². The van der Waals surface area contributed by atoms with Crippen LogP contribution in [-0.4, -0.2) is 11.1 Å². The van der Waals surface area contributed by atoms with Gasteiger partial charge in [-0.2, -0.15) is 13.2 Å². The van der Waals surface area contributed by atoms with E-state index in [1.165, 1.54) is 0 Å². The molecular weight excluding hydrogens is 252 g/mol. The van der Waals surface area contributed by atoms with Gasteiger partial charge in [0, 0.05) is 0 Å². The van der Waals surface area contributed by atoms with Crippen LogP contribution in [0.3, 0.4) is 0 Å². The quantitative estimate of drug-likeness (QED) is 0.451. The molecule has 0 radical (unpaired) electrons. The zero-order chi connectivity index (χ0) is 11.8. The normalized spacial score (nSPS) is 11.4. The van der Waals surface area contributed by atoms with E-state index in [1.54, 1.807) is 0 Å². The fraction of sp³-hybridized carbons (Fsp3) is 0.333. The summed E-state index contributed by atoms with van der Waals surface area (Å²) in [6, 6.07) is 0. The summed E-state index contributed by atoms with van der Waals surface area (Å²) in [6.45, 7) is 0. The van der Waals surface area contributed by atoms with Crippen molar-refractivity contribution in [3.05, 3.63) is 17.0 Å². The molecule has 1 heterocycles. The smallest absolute Gasteiger partial charge is 0.545 e. The van der Waals surface area contributed by atoms with Gasteiger partial charge in [-0.3, -0.25) is 0 Å². The van der Waals surface area contributed by atoms with Crippen LogP contribution in [0, 0.1) is 0 Å². The molecule has 1 rings (SSSR count). The van der Waals surface area contributed by atoms with Gasteiger partial charge in [-0.25, -0.2) is 8.78 Å². The number of halogens is 5. The molecule has 0 saturated carbocycles. The minimum Gasteiger partial charge on any atom is -0.545 e. The van der Waals surface area contributed by atoms with Crippen LogP contribution in [0.5, 0.6) is 0 Å². The van der Waals surface area contributed by atoms with Crippen molar-refractivity contribution in [1.29, 1.82) is 0 Å². The number of carboxylic acids is 1. The standard InChI is InChI=1S/C6H2F5NO3.Na/c7-4(8)2-1(5(13)14)3(12-15-2)6(9,10)11;/h4H,(H,13,14);/q;+1/p-1. The fourth-order valence-electron chi connectivity index (χ4n) is 0.843. The first kappa shape index (κ1) is 15.3. The zero-order valence-electron chi connectivity index (χ0n) is 7.64. The minimum absolute atomic E-state index is 0. The van der Waals surface area contributed by atoms with Crippen molar-refractivity contribution in [3.8, 4) is 0 Å². The van der Waals surface area contributed by atoms with Gasteiger partial charge in [0.15, 0.2) is 5.69 Å². The largest absolute Gasteiger partial charge is 1.00 e. The van der Waals surface area contributed by atoms with Crippen LogP contribution in [0.2, 0.25) is 0 Å². The third-order valence-electron chi connectivity index (χ3n) is 1.39. The molecule has 1 aromatic rings. The minimum atomic E-state index is -5.19. The fourth-order valence-corrected chi connectivity index (χ4v) is 0.843. The number of alkyl halides is 5. The van der Waals surface area contributed by atoms with Crippen molar-refractivity contribution >= 4 is 5.97 Å². The Bertz CT molecular complexity index is 388. The molecular formula is C6HF5NNaO3. The van der Waals surface area contributed by atoms with Crippen LogP contribution in [0.4, 0.5) is 22.0 Å². The van der Waals surface area contributed by atoms with Crippen molar-refractivity contribution in [2.24, 2.45) is 0 Å². The first-order valence-electron chi connectivity index (χ1n) is 3.31. The summed E-state index contributed by atoms with van der Waals surface area (Å²) < 4.78 is 63.7. The van der Waals surface area contributed by atoms with Crippen LogP contribution in [0.1, 0.15) is 28.2 Å². The Balaban J connectivity index is 0.00000225. The van der Waals surface area contributed by atoms with E-state index in [0.29, 0.717) is 0 Å². The SMILES string of the molecule is O=C([O-])c1c(C(F)(F)F)noc1C(F)F.[Na+]. The molecule has 16 heavy (non-hydrogen) atoms. The molecule has 0 spiro atoms. The number of carbonyl (C=O) groups excluding carboxylic acids is 1. The van der Waals surface area contributed by atoms with E-state index >= 15 is 0 Å². The van der Waals surface area contributed by atoms with E-state index in [9.17, 15) is 31.9 Å². The molecule has 10 heteroatoms. The Kier molecular flexibility index (Phi) is 4.89. The van der Waals surface area contributed by atoms with Gasteiger partial charge in [0.25, 0.3) is 6.43 Å². The van der Waals surface area contributed by atoms with E-state index in [0.717, 1.165) is 0 Å². The average Bonchev–Trinajstić information content (AvgIpc) is 2.45. The summed E-state index contributed by atoms with van der Waals surface area (Å²) in [5, 5.41) is 12.4. The third-order valence-corrected chi connectivity index (χ3v) is 1.39. The molecule has 0 N–H and O–H groups in total. The Morgan fingerprint density at radius 2 is 1.88 bits per heavy atom. The van der Waals surface area contributed by atoms with Crippen molar-refractivity contribution < 1.29 is 65.9 Å². The predicted octanol–water partition coefficient (Wildman–Crippen LogP) is -2.00. The molecule has 0 atom stereocenters. The first-order valence-corrected chi connectivity index (χ1v) is 3.31. The molecule has 0 bridgehead atoms. The van der Waals surface area contributed by atoms with Gasteiger partial charge in [-0.15, -0.1) is 0 Å². The summed E-state index contributed by atoms with van der Waals surface area (Å²) >= 11 is 0. The molecule has 0 aromatic carbocycles. The Hall–Kier alpha value is -0.670. The maximum absolute atomic E-state index is 12.0. The molecule has 0 aliphatic rings. The molecule has 0 saturated heterocycles. The maximum Gasteiger partial charge on any atom is 1.00 e. The Morgan fingerprint density at radius 1 is 1.38 bits per heavy atom. The number of aromatic carboxylic acids is 1. The van der Waals surface area contributed by atoms with Crippen molar-refractivity contribution in [2.75, 3.05) is 0 Å². The van der Waals surface area contributed by atoms with Gasteiger partial charge >= 0.3 is 35.7 Å². The summed E-state index contributed by atoms with van der Waals surface area (Å²) in [4.78, 5) is 10.2. The maximum atomic E-state index is 12.0. The second-order valence-electron chi connectivity index (χ2n) is 2.36. The first-order chi connectivity index (χ1) is 6.75. The molecule has 0 aliphatic carbocycles. The summed E-state index contributed by atoms with van der Waals surface area (Å²) in [6.07, 6.45) is -8.70. The Labute approximate surface area is 107 Å². The molecule has 84 valence electrons. The number of hydrogen-bond donors (Lipinski definition) is 0. The van der Waals surface area contributed by atoms with Crippen molar-refractivity contribution in [3.63, 3.8) is 0 Å². The summed E-state index contributed by atoms with van der Waals surface area (Å²) in [5.74, 6) is -4.08. The molecule has 0 unspecified atom stereocenters. The van der Waals surface area contributed by atoms with Crippen LogP contribution >= 0.6 is 0 Å². The van der Waals surface area contributed by atoms with Crippen LogP contribution < -0.4 is 34.7 Å². The van der Waals surface area contributed by atoms with Crippen molar-refractivity contribution in [1.82, 2.24) is 5.16 Å². The molecule has 0 aliphatic heterocycles. The monoisotopic (exact) mass is 253 g/mol.